The summed E-state index contributed by atoms with van der Waals surface area (Å²) in [6, 6.07) is 21.5. The van der Waals surface area contributed by atoms with Gasteiger partial charge < -0.3 is 19.9 Å². The fourth-order valence-corrected chi connectivity index (χ4v) is 5.93. The molecule has 3 aromatic carbocycles. The number of ether oxygens (including phenoxy) is 1. The first-order chi connectivity index (χ1) is 20.0. The standard InChI is InChI=1S/C31H33FN6O3/c32-26-8-2-1-7-23(26)21-37(29(39)22-38-28-10-4-3-9-27(28)34-35-38)31(15-5-6-16-31)30(40)33-24-11-13-25(14-12-24)36-17-19-41-20-18-36/h1-4,7-14H,5-6,15-22H2,(H,33,40). The van der Waals surface area contributed by atoms with Crippen LogP contribution in [-0.2, 0) is 27.4 Å². The lowest BCUT2D eigenvalue weighted by atomic mass is 9.92. The molecule has 1 saturated heterocycles. The van der Waals surface area contributed by atoms with Gasteiger partial charge in [0.25, 0.3) is 0 Å². The van der Waals surface area contributed by atoms with E-state index < -0.39 is 11.4 Å². The minimum atomic E-state index is -1.13. The number of hydrogen-bond donors (Lipinski definition) is 1. The molecule has 0 unspecified atom stereocenters. The molecule has 1 aromatic heterocycles. The van der Waals surface area contributed by atoms with Crippen molar-refractivity contribution in [3.63, 3.8) is 0 Å². The number of fused-ring (bicyclic) bond motifs is 1. The number of morpholine rings is 1. The zero-order chi connectivity index (χ0) is 28.2. The van der Waals surface area contributed by atoms with E-state index in [1.54, 1.807) is 23.1 Å². The maximum absolute atomic E-state index is 14.9. The van der Waals surface area contributed by atoms with E-state index in [1.165, 1.54) is 10.7 Å². The number of rotatable bonds is 8. The van der Waals surface area contributed by atoms with Gasteiger partial charge in [0, 0.05) is 36.6 Å². The molecule has 2 amide bonds. The molecule has 4 aromatic rings. The van der Waals surface area contributed by atoms with Gasteiger partial charge in [0.1, 0.15) is 23.4 Å². The highest BCUT2D eigenvalue weighted by atomic mass is 19.1. The quantitative estimate of drug-likeness (QED) is 0.346. The molecule has 9 nitrogen and oxygen atoms in total. The summed E-state index contributed by atoms with van der Waals surface area (Å²) in [5, 5.41) is 11.4. The first-order valence-corrected chi connectivity index (χ1v) is 14.1. The first-order valence-electron chi connectivity index (χ1n) is 14.1. The average Bonchev–Trinajstić information content (AvgIpc) is 3.66. The second-order valence-corrected chi connectivity index (χ2v) is 10.6. The van der Waals surface area contributed by atoms with Crippen molar-refractivity contribution in [1.29, 1.82) is 0 Å². The van der Waals surface area contributed by atoms with Gasteiger partial charge in [0.15, 0.2) is 0 Å². The van der Waals surface area contributed by atoms with Gasteiger partial charge in [-0.3, -0.25) is 9.59 Å². The van der Waals surface area contributed by atoms with Crippen LogP contribution < -0.4 is 10.2 Å². The van der Waals surface area contributed by atoms with Crippen molar-refractivity contribution >= 4 is 34.2 Å². The molecule has 2 fully saturated rings. The molecule has 0 atom stereocenters. The largest absolute Gasteiger partial charge is 0.378 e. The highest BCUT2D eigenvalue weighted by molar-refractivity contribution is 6.01. The Balaban J connectivity index is 1.29. The molecular formula is C31H33FN6O3. The lowest BCUT2D eigenvalue weighted by molar-refractivity contribution is -0.147. The molecule has 2 aliphatic rings. The van der Waals surface area contributed by atoms with Crippen LogP contribution in [0.2, 0.25) is 0 Å². The summed E-state index contributed by atoms with van der Waals surface area (Å²) in [4.78, 5) is 32.0. The van der Waals surface area contributed by atoms with Crippen LogP contribution in [0.4, 0.5) is 15.8 Å². The minimum absolute atomic E-state index is 0.0263. The molecule has 10 heteroatoms. The Bertz CT molecular complexity index is 1530. The zero-order valence-corrected chi connectivity index (χ0v) is 22.8. The maximum Gasteiger partial charge on any atom is 0.250 e. The minimum Gasteiger partial charge on any atom is -0.378 e. The van der Waals surface area contributed by atoms with Crippen LogP contribution in [0.25, 0.3) is 11.0 Å². The fraction of sp³-hybridized carbons (Fsp3) is 0.355. The van der Waals surface area contributed by atoms with Gasteiger partial charge >= 0.3 is 0 Å². The number of hydrogen-bond acceptors (Lipinski definition) is 6. The summed E-state index contributed by atoms with van der Waals surface area (Å²) >= 11 is 0. The van der Waals surface area contributed by atoms with E-state index in [2.05, 4.69) is 20.5 Å². The molecule has 0 bridgehead atoms. The van der Waals surface area contributed by atoms with Crippen LogP contribution in [0.15, 0.2) is 72.8 Å². The Kier molecular flexibility index (Phi) is 7.65. The smallest absolute Gasteiger partial charge is 0.250 e. The lowest BCUT2D eigenvalue weighted by Crippen LogP contribution is -2.57. The molecule has 1 aliphatic carbocycles. The van der Waals surface area contributed by atoms with E-state index in [1.807, 2.05) is 48.5 Å². The number of carbonyl (C=O) groups is 2. The fourth-order valence-electron chi connectivity index (χ4n) is 5.93. The number of nitrogens with one attached hydrogen (secondary N) is 1. The van der Waals surface area contributed by atoms with E-state index in [0.29, 0.717) is 42.8 Å². The topological polar surface area (TPSA) is 92.6 Å². The van der Waals surface area contributed by atoms with Crippen LogP contribution in [0.5, 0.6) is 0 Å². The Morgan fingerprint density at radius 3 is 2.41 bits per heavy atom. The lowest BCUT2D eigenvalue weighted by Gasteiger charge is -2.40. The first kappa shape index (κ1) is 26.9. The van der Waals surface area contributed by atoms with Crippen molar-refractivity contribution in [3.8, 4) is 0 Å². The Morgan fingerprint density at radius 1 is 0.951 bits per heavy atom. The number of nitrogens with zero attached hydrogens (tertiary/aromatic N) is 5. The number of amides is 2. The summed E-state index contributed by atoms with van der Waals surface area (Å²) in [6.07, 6.45) is 2.55. The SMILES string of the molecule is O=C(Cn1nnc2ccccc21)N(Cc1ccccc1F)C1(C(=O)Nc2ccc(N3CCOCC3)cc2)CCCC1. The highest BCUT2D eigenvalue weighted by Crippen LogP contribution is 2.38. The summed E-state index contributed by atoms with van der Waals surface area (Å²) in [5.41, 5.74) is 2.35. The molecule has 212 valence electrons. The normalized spacial score (nSPS) is 16.6. The van der Waals surface area contributed by atoms with Crippen LogP contribution in [0, 0.1) is 5.82 Å². The molecule has 1 N–H and O–H groups in total. The van der Waals surface area contributed by atoms with Crippen molar-refractivity contribution in [2.24, 2.45) is 0 Å². The molecule has 41 heavy (non-hydrogen) atoms. The van der Waals surface area contributed by atoms with Crippen molar-refractivity contribution in [2.45, 2.75) is 44.3 Å². The molecule has 2 heterocycles. The Morgan fingerprint density at radius 2 is 1.66 bits per heavy atom. The van der Waals surface area contributed by atoms with E-state index in [9.17, 15) is 14.0 Å². The summed E-state index contributed by atoms with van der Waals surface area (Å²) in [7, 11) is 0. The number of para-hydroxylation sites is 1. The zero-order valence-electron chi connectivity index (χ0n) is 22.8. The molecule has 1 saturated carbocycles. The summed E-state index contributed by atoms with van der Waals surface area (Å²) in [6.45, 7) is 2.89. The number of benzene rings is 3. The van der Waals surface area contributed by atoms with Crippen LogP contribution in [0.3, 0.4) is 0 Å². The van der Waals surface area contributed by atoms with Crippen LogP contribution >= 0.6 is 0 Å². The monoisotopic (exact) mass is 556 g/mol. The predicted octanol–water partition coefficient (Wildman–Crippen LogP) is 4.39. The van der Waals surface area contributed by atoms with Gasteiger partial charge in [-0.1, -0.05) is 48.4 Å². The molecule has 1 aliphatic heterocycles. The third-order valence-corrected chi connectivity index (χ3v) is 8.16. The molecular weight excluding hydrogens is 523 g/mol. The second kappa shape index (κ2) is 11.7. The predicted molar refractivity (Wildman–Crippen MR) is 154 cm³/mol. The number of halogens is 1. The van der Waals surface area contributed by atoms with Crippen LogP contribution in [0.1, 0.15) is 31.2 Å². The molecule has 0 radical (unpaired) electrons. The highest BCUT2D eigenvalue weighted by Gasteiger charge is 2.48. The van der Waals surface area contributed by atoms with Crippen molar-refractivity contribution in [3.05, 3.63) is 84.2 Å². The third-order valence-electron chi connectivity index (χ3n) is 8.16. The van der Waals surface area contributed by atoms with Crippen molar-refractivity contribution in [2.75, 3.05) is 36.5 Å². The Labute approximate surface area is 237 Å². The third kappa shape index (κ3) is 5.52. The van der Waals surface area contributed by atoms with Gasteiger partial charge in [0.2, 0.25) is 11.8 Å². The van der Waals surface area contributed by atoms with Gasteiger partial charge in [-0.05, 0) is 55.3 Å². The van der Waals surface area contributed by atoms with Gasteiger partial charge in [-0.2, -0.15) is 0 Å². The van der Waals surface area contributed by atoms with Gasteiger partial charge in [-0.15, -0.1) is 5.10 Å². The van der Waals surface area contributed by atoms with Crippen molar-refractivity contribution in [1.82, 2.24) is 19.9 Å². The van der Waals surface area contributed by atoms with E-state index in [0.717, 1.165) is 37.1 Å². The van der Waals surface area contributed by atoms with E-state index in [4.69, 9.17) is 4.74 Å². The number of aromatic nitrogens is 3. The number of carbonyl (C=O) groups excluding carboxylic acids is 2. The number of anilines is 2. The second-order valence-electron chi connectivity index (χ2n) is 10.6. The Hall–Kier alpha value is -4.31. The van der Waals surface area contributed by atoms with Crippen LogP contribution in [-0.4, -0.2) is 63.6 Å². The summed E-state index contributed by atoms with van der Waals surface area (Å²) < 4.78 is 21.9. The van der Waals surface area contributed by atoms with E-state index in [-0.39, 0.29) is 24.9 Å². The van der Waals surface area contributed by atoms with Crippen molar-refractivity contribution < 1.29 is 18.7 Å². The molecule has 6 rings (SSSR count). The maximum atomic E-state index is 14.9. The average molecular weight is 557 g/mol. The van der Waals surface area contributed by atoms with E-state index >= 15 is 0 Å². The van der Waals surface area contributed by atoms with Gasteiger partial charge in [-0.25, -0.2) is 9.07 Å². The molecule has 0 spiro atoms. The summed E-state index contributed by atoms with van der Waals surface area (Å²) in [5.74, 6) is -0.991. The van der Waals surface area contributed by atoms with Gasteiger partial charge in [0.05, 0.1) is 18.7 Å².